The molecule has 0 aromatic heterocycles. The average Bonchev–Trinajstić information content (AvgIpc) is 2.58. The van der Waals surface area contributed by atoms with Crippen LogP contribution in [-0.2, 0) is 14.4 Å². The van der Waals surface area contributed by atoms with Gasteiger partial charge in [0, 0.05) is 13.6 Å². The lowest BCUT2D eigenvalue weighted by molar-refractivity contribution is -0.148. The summed E-state index contributed by atoms with van der Waals surface area (Å²) in [7, 11) is 1.52. The van der Waals surface area contributed by atoms with Gasteiger partial charge < -0.3 is 4.90 Å². The zero-order valence-electron chi connectivity index (χ0n) is 8.97. The molecular formula is C9H10FN3O4. The third kappa shape index (κ3) is 1.65. The number of carbonyl (C=O) groups excluding carboxylic acids is 4. The van der Waals surface area contributed by atoms with E-state index in [4.69, 9.17) is 0 Å². The van der Waals surface area contributed by atoms with Crippen LogP contribution in [0.5, 0.6) is 0 Å². The summed E-state index contributed by atoms with van der Waals surface area (Å²) >= 11 is 0. The highest BCUT2D eigenvalue weighted by atomic mass is 19.1. The number of halogens is 1. The van der Waals surface area contributed by atoms with Gasteiger partial charge in [-0.3, -0.25) is 19.7 Å². The number of likely N-dealkylation sites (tertiary alicyclic amines) is 1. The second-order valence-corrected chi connectivity index (χ2v) is 3.93. The van der Waals surface area contributed by atoms with Crippen LogP contribution in [0.25, 0.3) is 0 Å². The Bertz CT molecular complexity index is 424. The Hall–Kier alpha value is -1.99. The number of imide groups is 2. The van der Waals surface area contributed by atoms with E-state index >= 15 is 0 Å². The number of amides is 5. The maximum Gasteiger partial charge on any atom is 0.331 e. The van der Waals surface area contributed by atoms with Crippen molar-refractivity contribution in [3.8, 4) is 0 Å². The Morgan fingerprint density at radius 3 is 2.41 bits per heavy atom. The van der Waals surface area contributed by atoms with Crippen molar-refractivity contribution in [2.75, 3.05) is 13.6 Å². The number of likely N-dealkylation sites (N-methyl/N-ethyl adjacent to an activating group) is 1. The van der Waals surface area contributed by atoms with E-state index < -0.39 is 36.0 Å². The molecule has 0 spiro atoms. The molecule has 2 unspecified atom stereocenters. The number of alkyl halides is 1. The van der Waals surface area contributed by atoms with E-state index in [1.54, 1.807) is 5.32 Å². The highest BCUT2D eigenvalue weighted by molar-refractivity contribution is 6.19. The molecule has 2 saturated heterocycles. The minimum atomic E-state index is -2.42. The first-order chi connectivity index (χ1) is 7.93. The Labute approximate surface area is 95.5 Å². The van der Waals surface area contributed by atoms with Crippen LogP contribution in [-0.4, -0.2) is 59.4 Å². The Kier molecular flexibility index (Phi) is 2.56. The molecule has 2 heterocycles. The highest BCUT2D eigenvalue weighted by Gasteiger charge is 2.48. The van der Waals surface area contributed by atoms with E-state index in [0.717, 1.165) is 0 Å². The van der Waals surface area contributed by atoms with Crippen LogP contribution in [0.1, 0.15) is 6.42 Å². The molecule has 2 fully saturated rings. The third-order valence-electron chi connectivity index (χ3n) is 2.84. The number of hydrogen-bond donors (Lipinski definition) is 1. The van der Waals surface area contributed by atoms with Gasteiger partial charge in [-0.05, 0) is 6.42 Å². The molecule has 0 aromatic carbocycles. The predicted octanol–water partition coefficient (Wildman–Crippen LogP) is -1.37. The first-order valence-corrected chi connectivity index (χ1v) is 5.00. The summed E-state index contributed by atoms with van der Waals surface area (Å²) in [5.41, 5.74) is 0. The molecule has 2 aliphatic heterocycles. The van der Waals surface area contributed by atoms with E-state index in [1.807, 2.05) is 0 Å². The van der Waals surface area contributed by atoms with E-state index in [2.05, 4.69) is 0 Å². The number of hydrogen-bond acceptors (Lipinski definition) is 4. The SMILES string of the molecule is CN1CCC(N2C(=O)NC(=O)C(F)C2=O)C1=O. The standard InChI is InChI=1S/C9H10FN3O4/c1-12-3-2-4(7(12)15)13-8(16)5(10)6(14)11-9(13)17/h4-5H,2-3H2,1H3,(H,11,14,17). The van der Waals surface area contributed by atoms with E-state index in [1.165, 1.54) is 11.9 Å². The number of rotatable bonds is 1. The molecule has 17 heavy (non-hydrogen) atoms. The molecule has 0 aromatic rings. The topological polar surface area (TPSA) is 86.8 Å². The van der Waals surface area contributed by atoms with Crippen molar-refractivity contribution in [3.63, 3.8) is 0 Å². The fourth-order valence-corrected chi connectivity index (χ4v) is 1.90. The van der Waals surface area contributed by atoms with Crippen LogP contribution in [0, 0.1) is 0 Å². The number of barbiturate groups is 1. The average molecular weight is 243 g/mol. The molecule has 0 aliphatic carbocycles. The number of carbonyl (C=O) groups is 4. The summed E-state index contributed by atoms with van der Waals surface area (Å²) in [6.07, 6.45) is -2.18. The molecule has 0 radical (unpaired) electrons. The van der Waals surface area contributed by atoms with Crippen molar-refractivity contribution in [2.24, 2.45) is 0 Å². The second-order valence-electron chi connectivity index (χ2n) is 3.93. The number of nitrogens with one attached hydrogen (secondary N) is 1. The van der Waals surface area contributed by atoms with Gasteiger partial charge in [-0.25, -0.2) is 14.1 Å². The lowest BCUT2D eigenvalue weighted by Gasteiger charge is -2.30. The highest BCUT2D eigenvalue weighted by Crippen LogP contribution is 2.19. The van der Waals surface area contributed by atoms with Crippen LogP contribution >= 0.6 is 0 Å². The molecular weight excluding hydrogens is 233 g/mol. The van der Waals surface area contributed by atoms with Crippen LogP contribution in [0.4, 0.5) is 9.18 Å². The monoisotopic (exact) mass is 243 g/mol. The van der Waals surface area contributed by atoms with Crippen LogP contribution in [0.3, 0.4) is 0 Å². The molecule has 92 valence electrons. The maximum absolute atomic E-state index is 13.2. The van der Waals surface area contributed by atoms with Crippen LogP contribution in [0.15, 0.2) is 0 Å². The molecule has 5 amide bonds. The van der Waals surface area contributed by atoms with Crippen LogP contribution in [0.2, 0.25) is 0 Å². The van der Waals surface area contributed by atoms with Crippen molar-refractivity contribution >= 4 is 23.8 Å². The molecule has 7 nitrogen and oxygen atoms in total. The van der Waals surface area contributed by atoms with Crippen molar-refractivity contribution < 1.29 is 23.6 Å². The van der Waals surface area contributed by atoms with Crippen molar-refractivity contribution in [1.29, 1.82) is 0 Å². The lowest BCUT2D eigenvalue weighted by Crippen LogP contribution is -2.63. The Morgan fingerprint density at radius 2 is 1.88 bits per heavy atom. The van der Waals surface area contributed by atoms with Gasteiger partial charge in [0.2, 0.25) is 5.91 Å². The van der Waals surface area contributed by atoms with Gasteiger partial charge in [0.05, 0.1) is 0 Å². The van der Waals surface area contributed by atoms with Gasteiger partial charge in [-0.15, -0.1) is 0 Å². The van der Waals surface area contributed by atoms with Crippen molar-refractivity contribution in [3.05, 3.63) is 0 Å². The largest absolute Gasteiger partial charge is 0.344 e. The van der Waals surface area contributed by atoms with Crippen LogP contribution < -0.4 is 5.32 Å². The van der Waals surface area contributed by atoms with Gasteiger partial charge in [-0.1, -0.05) is 0 Å². The fourth-order valence-electron chi connectivity index (χ4n) is 1.90. The second kappa shape index (κ2) is 3.79. The quantitative estimate of drug-likeness (QED) is 0.576. The number of urea groups is 1. The minimum Gasteiger partial charge on any atom is -0.344 e. The number of nitrogens with zero attached hydrogens (tertiary/aromatic N) is 2. The summed E-state index contributed by atoms with van der Waals surface area (Å²) in [5.74, 6) is -2.99. The third-order valence-corrected chi connectivity index (χ3v) is 2.84. The first-order valence-electron chi connectivity index (χ1n) is 5.00. The molecule has 2 aliphatic rings. The van der Waals surface area contributed by atoms with E-state index in [0.29, 0.717) is 11.4 Å². The van der Waals surface area contributed by atoms with E-state index in [9.17, 15) is 23.6 Å². The smallest absolute Gasteiger partial charge is 0.331 e. The van der Waals surface area contributed by atoms with Gasteiger partial charge in [0.25, 0.3) is 18.0 Å². The summed E-state index contributed by atoms with van der Waals surface area (Å²) in [4.78, 5) is 47.3. The minimum absolute atomic E-state index is 0.245. The normalized spacial score (nSPS) is 30.0. The zero-order valence-corrected chi connectivity index (χ0v) is 8.97. The van der Waals surface area contributed by atoms with Crippen molar-refractivity contribution in [1.82, 2.24) is 15.1 Å². The van der Waals surface area contributed by atoms with Gasteiger partial charge >= 0.3 is 6.03 Å². The summed E-state index contributed by atoms with van der Waals surface area (Å²) < 4.78 is 13.2. The molecule has 2 rings (SSSR count). The summed E-state index contributed by atoms with van der Waals surface area (Å²) in [5, 5.41) is 1.70. The molecule has 2 atom stereocenters. The zero-order chi connectivity index (χ0) is 12.7. The predicted molar refractivity (Wildman–Crippen MR) is 51.3 cm³/mol. The van der Waals surface area contributed by atoms with E-state index in [-0.39, 0.29) is 6.42 Å². The molecule has 0 saturated carbocycles. The van der Waals surface area contributed by atoms with Crippen molar-refractivity contribution in [2.45, 2.75) is 18.6 Å². The fraction of sp³-hybridized carbons (Fsp3) is 0.556. The molecule has 0 bridgehead atoms. The molecule has 8 heteroatoms. The molecule has 1 N–H and O–H groups in total. The van der Waals surface area contributed by atoms with Gasteiger partial charge in [0.1, 0.15) is 6.04 Å². The Morgan fingerprint density at radius 1 is 1.24 bits per heavy atom. The summed E-state index contributed by atoms with van der Waals surface area (Å²) in [6, 6.07) is -2.05. The van der Waals surface area contributed by atoms with Gasteiger partial charge in [0.15, 0.2) is 0 Å². The Balaban J connectivity index is 2.26. The lowest BCUT2D eigenvalue weighted by atomic mass is 10.1. The first kappa shape index (κ1) is 11.5. The van der Waals surface area contributed by atoms with Gasteiger partial charge in [-0.2, -0.15) is 0 Å². The summed E-state index contributed by atoms with van der Waals surface area (Å²) in [6.45, 7) is 0.380. The maximum atomic E-state index is 13.2.